The topological polar surface area (TPSA) is 139 Å². The molecular weight excluding hydrogens is 394 g/mol. The molecule has 0 aliphatic rings. The number of thioether (sulfide) groups is 1. The third-order valence-electron chi connectivity index (χ3n) is 4.40. The number of hydrogen-bond donors (Lipinski definition) is 4. The first-order chi connectivity index (χ1) is 13.6. The minimum Gasteiger partial charge on any atom is -0.368 e. The SMILES string of the molecule is CC(=O)SC[C@H](C(=O)NO)[C@@H](CC(C)C)C(=O)N[C@@H](Cc1ccccc1)C(N)=O. The van der Waals surface area contributed by atoms with Crippen LogP contribution in [0.3, 0.4) is 0 Å². The summed E-state index contributed by atoms with van der Waals surface area (Å²) in [5.74, 6) is -3.65. The number of benzene rings is 1. The molecule has 1 aromatic carbocycles. The van der Waals surface area contributed by atoms with E-state index < -0.39 is 35.6 Å². The number of primary amides is 1. The number of amides is 3. The van der Waals surface area contributed by atoms with Crippen molar-refractivity contribution in [3.63, 3.8) is 0 Å². The first kappa shape index (κ1) is 24.6. The largest absolute Gasteiger partial charge is 0.368 e. The summed E-state index contributed by atoms with van der Waals surface area (Å²) in [5.41, 5.74) is 7.88. The van der Waals surface area contributed by atoms with Crippen molar-refractivity contribution in [2.45, 2.75) is 39.7 Å². The van der Waals surface area contributed by atoms with Crippen molar-refractivity contribution in [2.24, 2.45) is 23.5 Å². The van der Waals surface area contributed by atoms with E-state index in [4.69, 9.17) is 10.9 Å². The highest BCUT2D eigenvalue weighted by Gasteiger charge is 2.36. The Hall–Kier alpha value is -2.39. The zero-order valence-electron chi connectivity index (χ0n) is 16.9. The number of hydroxylamine groups is 1. The van der Waals surface area contributed by atoms with Gasteiger partial charge in [0.25, 0.3) is 0 Å². The Bertz CT molecular complexity index is 711. The van der Waals surface area contributed by atoms with Crippen LogP contribution in [-0.2, 0) is 25.6 Å². The number of rotatable bonds is 11. The van der Waals surface area contributed by atoms with Crippen LogP contribution >= 0.6 is 11.8 Å². The molecule has 0 aromatic heterocycles. The van der Waals surface area contributed by atoms with Crippen LogP contribution in [-0.4, -0.2) is 39.8 Å². The fourth-order valence-corrected chi connectivity index (χ4v) is 3.78. The molecular formula is C20H29N3O5S. The van der Waals surface area contributed by atoms with Crippen LogP contribution in [0.25, 0.3) is 0 Å². The van der Waals surface area contributed by atoms with E-state index in [1.165, 1.54) is 6.92 Å². The number of nitrogens with one attached hydrogen (secondary N) is 2. The fraction of sp³-hybridized carbons (Fsp3) is 0.500. The summed E-state index contributed by atoms with van der Waals surface area (Å²) in [6.07, 6.45) is 0.550. The number of nitrogens with two attached hydrogens (primary N) is 1. The van der Waals surface area contributed by atoms with Crippen LogP contribution in [0.2, 0.25) is 0 Å². The molecule has 0 radical (unpaired) electrons. The minimum absolute atomic E-state index is 0.0342. The molecule has 3 amide bonds. The van der Waals surface area contributed by atoms with Crippen LogP contribution in [0, 0.1) is 17.8 Å². The summed E-state index contributed by atoms with van der Waals surface area (Å²) < 4.78 is 0. The zero-order chi connectivity index (χ0) is 22.0. The lowest BCUT2D eigenvalue weighted by atomic mass is 9.84. The Balaban J connectivity index is 3.05. The molecule has 0 saturated carbocycles. The fourth-order valence-electron chi connectivity index (χ4n) is 2.98. The molecule has 0 aliphatic heterocycles. The highest BCUT2D eigenvalue weighted by Crippen LogP contribution is 2.26. The molecule has 1 rings (SSSR count). The third kappa shape index (κ3) is 8.66. The second kappa shape index (κ2) is 12.2. The Labute approximate surface area is 174 Å². The maximum Gasteiger partial charge on any atom is 0.248 e. The Morgan fingerprint density at radius 3 is 2.17 bits per heavy atom. The van der Waals surface area contributed by atoms with E-state index in [1.807, 2.05) is 44.2 Å². The van der Waals surface area contributed by atoms with Gasteiger partial charge < -0.3 is 11.1 Å². The van der Waals surface area contributed by atoms with Crippen LogP contribution in [0.1, 0.15) is 32.8 Å². The van der Waals surface area contributed by atoms with Gasteiger partial charge in [0.2, 0.25) is 17.7 Å². The molecule has 0 fully saturated rings. The van der Waals surface area contributed by atoms with Gasteiger partial charge in [0.05, 0.1) is 11.8 Å². The van der Waals surface area contributed by atoms with Gasteiger partial charge in [0.15, 0.2) is 5.12 Å². The molecule has 8 nitrogen and oxygen atoms in total. The quantitative estimate of drug-likeness (QED) is 0.312. The summed E-state index contributed by atoms with van der Waals surface area (Å²) in [7, 11) is 0. The number of carbonyl (C=O) groups excluding carboxylic acids is 4. The Morgan fingerprint density at radius 1 is 1.07 bits per heavy atom. The maximum atomic E-state index is 13.0. The molecule has 3 atom stereocenters. The minimum atomic E-state index is -0.946. The summed E-state index contributed by atoms with van der Waals surface area (Å²) >= 11 is 0.901. The third-order valence-corrected chi connectivity index (χ3v) is 5.34. The lowest BCUT2D eigenvalue weighted by Crippen LogP contribution is -2.51. The number of carbonyl (C=O) groups is 4. The number of hydrogen-bond acceptors (Lipinski definition) is 6. The normalized spacial score (nSPS) is 14.0. The Morgan fingerprint density at radius 2 is 1.69 bits per heavy atom. The van der Waals surface area contributed by atoms with Gasteiger partial charge in [-0.2, -0.15) is 0 Å². The summed E-state index contributed by atoms with van der Waals surface area (Å²) in [6, 6.07) is 8.16. The van der Waals surface area contributed by atoms with Crippen molar-refractivity contribution >= 4 is 34.6 Å². The summed E-state index contributed by atoms with van der Waals surface area (Å²) in [6.45, 7) is 5.14. The van der Waals surface area contributed by atoms with Gasteiger partial charge >= 0.3 is 0 Å². The molecule has 0 spiro atoms. The molecule has 1 aromatic rings. The predicted octanol–water partition coefficient (Wildman–Crippen LogP) is 1.26. The molecule has 160 valence electrons. The van der Waals surface area contributed by atoms with E-state index in [0.717, 1.165) is 17.3 Å². The van der Waals surface area contributed by atoms with Gasteiger partial charge in [-0.25, -0.2) is 5.48 Å². The first-order valence-corrected chi connectivity index (χ1v) is 10.3. The highest BCUT2D eigenvalue weighted by atomic mass is 32.2. The summed E-state index contributed by atoms with van der Waals surface area (Å²) in [5, 5.41) is 11.5. The average molecular weight is 424 g/mol. The Kier molecular flexibility index (Phi) is 10.4. The van der Waals surface area contributed by atoms with Crippen LogP contribution < -0.4 is 16.5 Å². The lowest BCUT2D eigenvalue weighted by molar-refractivity contribution is -0.140. The molecule has 0 saturated heterocycles. The van der Waals surface area contributed by atoms with Crippen LogP contribution in [0.15, 0.2) is 30.3 Å². The zero-order valence-corrected chi connectivity index (χ0v) is 17.7. The molecule has 5 N–H and O–H groups in total. The van der Waals surface area contributed by atoms with Gasteiger partial charge in [-0.05, 0) is 17.9 Å². The molecule has 0 bridgehead atoms. The van der Waals surface area contributed by atoms with Crippen molar-refractivity contribution in [3.05, 3.63) is 35.9 Å². The highest BCUT2D eigenvalue weighted by molar-refractivity contribution is 8.13. The van der Waals surface area contributed by atoms with E-state index in [2.05, 4.69) is 5.32 Å². The van der Waals surface area contributed by atoms with Gasteiger partial charge in [-0.15, -0.1) is 0 Å². The molecule has 0 unspecified atom stereocenters. The smallest absolute Gasteiger partial charge is 0.248 e. The first-order valence-electron chi connectivity index (χ1n) is 9.36. The monoisotopic (exact) mass is 423 g/mol. The van der Waals surface area contributed by atoms with Crippen molar-refractivity contribution in [1.82, 2.24) is 10.8 Å². The van der Waals surface area contributed by atoms with E-state index in [9.17, 15) is 19.2 Å². The van der Waals surface area contributed by atoms with E-state index >= 15 is 0 Å². The van der Waals surface area contributed by atoms with Crippen LogP contribution in [0.5, 0.6) is 0 Å². The molecule has 0 heterocycles. The predicted molar refractivity (Wildman–Crippen MR) is 111 cm³/mol. The lowest BCUT2D eigenvalue weighted by Gasteiger charge is -2.27. The average Bonchev–Trinajstić information content (AvgIpc) is 2.66. The second-order valence-corrected chi connectivity index (χ2v) is 8.47. The van der Waals surface area contributed by atoms with E-state index in [1.54, 1.807) is 5.48 Å². The van der Waals surface area contributed by atoms with Gasteiger partial charge in [0.1, 0.15) is 6.04 Å². The molecule has 29 heavy (non-hydrogen) atoms. The van der Waals surface area contributed by atoms with Gasteiger partial charge in [-0.1, -0.05) is 55.9 Å². The van der Waals surface area contributed by atoms with Crippen molar-refractivity contribution in [1.29, 1.82) is 0 Å². The van der Waals surface area contributed by atoms with Gasteiger partial charge in [0, 0.05) is 19.1 Å². The van der Waals surface area contributed by atoms with Crippen molar-refractivity contribution in [3.8, 4) is 0 Å². The van der Waals surface area contributed by atoms with E-state index in [-0.39, 0.29) is 23.2 Å². The maximum absolute atomic E-state index is 13.0. The van der Waals surface area contributed by atoms with Crippen molar-refractivity contribution in [2.75, 3.05) is 5.75 Å². The van der Waals surface area contributed by atoms with Crippen molar-refractivity contribution < 1.29 is 24.4 Å². The standard InChI is InChI=1S/C20H29N3O5S/c1-12(2)9-15(16(20(27)23-28)11-29-13(3)24)19(26)22-17(18(21)25)10-14-7-5-4-6-8-14/h4-8,12,15-17,28H,9-11H2,1-3H3,(H2,21,25)(H,22,26)(H,23,27)/t15-,16+,17+/m1/s1. The molecule has 9 heteroatoms. The van der Waals surface area contributed by atoms with Gasteiger partial charge in [-0.3, -0.25) is 24.4 Å². The van der Waals surface area contributed by atoms with E-state index in [0.29, 0.717) is 6.42 Å². The second-order valence-electron chi connectivity index (χ2n) is 7.27. The molecule has 0 aliphatic carbocycles. The van der Waals surface area contributed by atoms with Crippen LogP contribution in [0.4, 0.5) is 0 Å². The summed E-state index contributed by atoms with van der Waals surface area (Å²) in [4.78, 5) is 48.5.